The highest BCUT2D eigenvalue weighted by molar-refractivity contribution is 6.43. The summed E-state index contributed by atoms with van der Waals surface area (Å²) >= 11 is 18.2. The first kappa shape index (κ1) is 24.4. The number of hydrogen-bond acceptors (Lipinski definition) is 6. The van der Waals surface area contributed by atoms with Crippen LogP contribution in [-0.2, 0) is 14.4 Å². The van der Waals surface area contributed by atoms with Crippen molar-refractivity contribution in [3.8, 4) is 11.5 Å². The van der Waals surface area contributed by atoms with Crippen LogP contribution in [0.3, 0.4) is 0 Å². The largest absolute Gasteiger partial charge is 0.490 e. The van der Waals surface area contributed by atoms with Gasteiger partial charge in [0.1, 0.15) is 5.57 Å². The van der Waals surface area contributed by atoms with Gasteiger partial charge in [-0.1, -0.05) is 34.8 Å². The van der Waals surface area contributed by atoms with E-state index in [1.807, 2.05) is 0 Å². The van der Waals surface area contributed by atoms with Crippen LogP contribution in [0.4, 0.5) is 10.5 Å². The van der Waals surface area contributed by atoms with Gasteiger partial charge in [0, 0.05) is 0 Å². The van der Waals surface area contributed by atoms with Gasteiger partial charge in [-0.3, -0.25) is 19.7 Å². The van der Waals surface area contributed by atoms with E-state index in [-0.39, 0.29) is 44.4 Å². The third kappa shape index (κ3) is 5.39. The molecule has 3 N–H and O–H groups in total. The Morgan fingerprint density at radius 1 is 1.06 bits per heavy atom. The number of nitrogens with zero attached hydrogens (tertiary/aromatic N) is 1. The summed E-state index contributed by atoms with van der Waals surface area (Å²) in [6.45, 7) is 1.53. The molecular formula is C21H16Cl3N3O6. The number of rotatable bonds is 7. The van der Waals surface area contributed by atoms with Crippen LogP contribution in [0, 0.1) is 0 Å². The zero-order chi connectivity index (χ0) is 24.3. The number of hydrogen-bond donors (Lipinski definition) is 2. The van der Waals surface area contributed by atoms with Gasteiger partial charge in [-0.15, -0.1) is 0 Å². The fraction of sp³-hybridized carbons (Fsp3) is 0.143. The number of primary amides is 1. The Hall–Kier alpha value is -3.27. The Morgan fingerprint density at radius 3 is 2.42 bits per heavy atom. The highest BCUT2D eigenvalue weighted by atomic mass is 35.5. The molecule has 3 rings (SSSR count). The lowest BCUT2D eigenvalue weighted by atomic mass is 10.1. The van der Waals surface area contributed by atoms with Crippen molar-refractivity contribution in [1.29, 1.82) is 0 Å². The molecule has 0 unspecified atom stereocenters. The standard InChI is InChI=1S/C21H16Cl3N3O6/c1-2-32-16-7-10(6-15(24)18(16)33-9-17(25)28)5-12-19(29)26-21(31)27(20(12)30)11-3-4-13(22)14(23)8-11/h3-8H,2,9H2,1H3,(H2,25,28)(H,26,29,31)/b12-5+. The van der Waals surface area contributed by atoms with Gasteiger partial charge in [-0.2, -0.15) is 0 Å². The number of ether oxygens (including phenoxy) is 2. The van der Waals surface area contributed by atoms with E-state index in [1.165, 1.54) is 36.4 Å². The molecule has 0 aromatic heterocycles. The van der Waals surface area contributed by atoms with Gasteiger partial charge < -0.3 is 15.2 Å². The average Bonchev–Trinajstić information content (AvgIpc) is 2.73. The van der Waals surface area contributed by atoms with Gasteiger partial charge in [-0.05, 0) is 48.9 Å². The summed E-state index contributed by atoms with van der Waals surface area (Å²) in [6, 6.07) is 6.06. The Labute approximate surface area is 203 Å². The van der Waals surface area contributed by atoms with Crippen molar-refractivity contribution in [2.24, 2.45) is 5.73 Å². The number of carbonyl (C=O) groups excluding carboxylic acids is 4. The number of carbonyl (C=O) groups is 4. The van der Waals surface area contributed by atoms with Crippen LogP contribution < -0.4 is 25.4 Å². The van der Waals surface area contributed by atoms with Crippen molar-refractivity contribution in [3.05, 3.63) is 56.5 Å². The predicted molar refractivity (Wildman–Crippen MR) is 123 cm³/mol. The van der Waals surface area contributed by atoms with E-state index in [1.54, 1.807) is 6.92 Å². The molecule has 172 valence electrons. The van der Waals surface area contributed by atoms with Crippen LogP contribution in [-0.4, -0.2) is 37.0 Å². The molecule has 12 heteroatoms. The first-order chi connectivity index (χ1) is 15.6. The lowest BCUT2D eigenvalue weighted by molar-refractivity contribution is -0.123. The fourth-order valence-corrected chi connectivity index (χ4v) is 3.47. The first-order valence-corrected chi connectivity index (χ1v) is 10.5. The minimum Gasteiger partial charge on any atom is -0.490 e. The van der Waals surface area contributed by atoms with Gasteiger partial charge >= 0.3 is 6.03 Å². The summed E-state index contributed by atoms with van der Waals surface area (Å²) in [7, 11) is 0. The van der Waals surface area contributed by atoms with E-state index >= 15 is 0 Å². The smallest absolute Gasteiger partial charge is 0.335 e. The second-order valence-electron chi connectivity index (χ2n) is 6.57. The molecule has 0 spiro atoms. The lowest BCUT2D eigenvalue weighted by Gasteiger charge is -2.26. The molecule has 0 aliphatic carbocycles. The number of barbiturate groups is 1. The Kier molecular flexibility index (Phi) is 7.47. The fourth-order valence-electron chi connectivity index (χ4n) is 2.90. The van der Waals surface area contributed by atoms with Crippen molar-refractivity contribution in [3.63, 3.8) is 0 Å². The molecule has 0 atom stereocenters. The van der Waals surface area contributed by atoms with E-state index < -0.39 is 30.4 Å². The van der Waals surface area contributed by atoms with Gasteiger partial charge in [0.05, 0.1) is 27.4 Å². The summed E-state index contributed by atoms with van der Waals surface area (Å²) in [5.74, 6) is -2.25. The Bertz CT molecular complexity index is 1200. The van der Waals surface area contributed by atoms with Crippen LogP contribution in [0.2, 0.25) is 15.1 Å². The molecule has 33 heavy (non-hydrogen) atoms. The summed E-state index contributed by atoms with van der Waals surface area (Å²) in [6.07, 6.45) is 1.24. The number of benzene rings is 2. The second kappa shape index (κ2) is 10.1. The summed E-state index contributed by atoms with van der Waals surface area (Å²) in [5, 5.41) is 2.51. The van der Waals surface area contributed by atoms with E-state index in [2.05, 4.69) is 5.32 Å². The lowest BCUT2D eigenvalue weighted by Crippen LogP contribution is -2.54. The maximum Gasteiger partial charge on any atom is 0.335 e. The van der Waals surface area contributed by atoms with E-state index in [9.17, 15) is 19.2 Å². The molecule has 1 saturated heterocycles. The molecule has 5 amide bonds. The summed E-state index contributed by atoms with van der Waals surface area (Å²) in [4.78, 5) is 49.6. The van der Waals surface area contributed by atoms with E-state index in [4.69, 9.17) is 50.0 Å². The first-order valence-electron chi connectivity index (χ1n) is 9.36. The molecule has 1 aliphatic rings. The minimum absolute atomic E-state index is 0.0510. The summed E-state index contributed by atoms with van der Waals surface area (Å²) < 4.78 is 10.8. The van der Waals surface area contributed by atoms with Crippen molar-refractivity contribution < 1.29 is 28.7 Å². The molecule has 0 saturated carbocycles. The van der Waals surface area contributed by atoms with E-state index in [0.29, 0.717) is 5.56 Å². The maximum atomic E-state index is 13.0. The number of anilines is 1. The molecule has 1 heterocycles. The van der Waals surface area contributed by atoms with Crippen molar-refractivity contribution in [2.45, 2.75) is 6.92 Å². The topological polar surface area (TPSA) is 128 Å². The number of urea groups is 1. The second-order valence-corrected chi connectivity index (χ2v) is 7.80. The molecule has 0 radical (unpaired) electrons. The maximum absolute atomic E-state index is 13.0. The quantitative estimate of drug-likeness (QED) is 0.431. The van der Waals surface area contributed by atoms with Crippen molar-refractivity contribution in [2.75, 3.05) is 18.1 Å². The number of amides is 5. The van der Waals surface area contributed by atoms with Crippen LogP contribution in [0.1, 0.15) is 12.5 Å². The van der Waals surface area contributed by atoms with Crippen LogP contribution in [0.25, 0.3) is 6.08 Å². The van der Waals surface area contributed by atoms with E-state index in [0.717, 1.165) is 4.90 Å². The molecule has 9 nitrogen and oxygen atoms in total. The van der Waals surface area contributed by atoms with Crippen molar-refractivity contribution >= 4 is 70.3 Å². The average molecular weight is 513 g/mol. The van der Waals surface area contributed by atoms with Gasteiger partial charge in [0.25, 0.3) is 17.7 Å². The monoisotopic (exact) mass is 511 g/mol. The minimum atomic E-state index is -0.941. The highest BCUT2D eigenvalue weighted by Gasteiger charge is 2.37. The van der Waals surface area contributed by atoms with Gasteiger partial charge in [-0.25, -0.2) is 9.69 Å². The third-order valence-electron chi connectivity index (χ3n) is 4.26. The summed E-state index contributed by atoms with van der Waals surface area (Å²) in [5.41, 5.74) is 5.18. The number of imide groups is 2. The van der Waals surface area contributed by atoms with Crippen molar-refractivity contribution in [1.82, 2.24) is 5.32 Å². The predicted octanol–water partition coefficient (Wildman–Crippen LogP) is 3.58. The third-order valence-corrected chi connectivity index (χ3v) is 5.28. The molecule has 0 bridgehead atoms. The molecular weight excluding hydrogens is 497 g/mol. The zero-order valence-corrected chi connectivity index (χ0v) is 19.3. The van der Waals surface area contributed by atoms with Crippen LogP contribution >= 0.6 is 34.8 Å². The molecule has 2 aromatic carbocycles. The SMILES string of the molecule is CCOc1cc(/C=C2\C(=O)NC(=O)N(c3ccc(Cl)c(Cl)c3)C2=O)cc(Cl)c1OCC(N)=O. The molecule has 1 aliphatic heterocycles. The van der Waals surface area contributed by atoms with Gasteiger partial charge in [0.2, 0.25) is 0 Å². The number of nitrogens with two attached hydrogens (primary N) is 1. The molecule has 1 fully saturated rings. The normalized spacial score (nSPS) is 15.0. The van der Waals surface area contributed by atoms with Crippen LogP contribution in [0.5, 0.6) is 11.5 Å². The van der Waals surface area contributed by atoms with Crippen LogP contribution in [0.15, 0.2) is 35.9 Å². The zero-order valence-electron chi connectivity index (χ0n) is 17.0. The number of halogens is 3. The van der Waals surface area contributed by atoms with Gasteiger partial charge in [0.15, 0.2) is 18.1 Å². The number of nitrogens with one attached hydrogen (secondary N) is 1. The Morgan fingerprint density at radius 2 is 1.79 bits per heavy atom. The Balaban J connectivity index is 2.02. The molecule has 2 aromatic rings. The highest BCUT2D eigenvalue weighted by Crippen LogP contribution is 2.37.